The number of hydrogen-bond acceptors (Lipinski definition) is 4. The summed E-state index contributed by atoms with van der Waals surface area (Å²) in [5.41, 5.74) is 4.47. The number of rotatable bonds is 5. The predicted octanol–water partition coefficient (Wildman–Crippen LogP) is 3.07. The monoisotopic (exact) mass is 287 g/mol. The molecule has 2 heterocycles. The minimum absolute atomic E-state index is 0.502. The lowest BCUT2D eigenvalue weighted by Gasteiger charge is -2.24. The number of nitrogens with zero attached hydrogens (tertiary/aromatic N) is 2. The molecule has 3 rings (SSSR count). The molecule has 0 amide bonds. The van der Waals surface area contributed by atoms with Gasteiger partial charge in [0, 0.05) is 37.1 Å². The normalized spacial score (nSPS) is 21.1. The number of aromatic nitrogens is 1. The van der Waals surface area contributed by atoms with Gasteiger partial charge < -0.3 is 5.32 Å². The topological polar surface area (TPSA) is 28.2 Å². The third-order valence-electron chi connectivity index (χ3n) is 4.10. The molecule has 0 spiro atoms. The fourth-order valence-electron chi connectivity index (χ4n) is 2.82. The van der Waals surface area contributed by atoms with E-state index in [1.807, 2.05) is 5.51 Å². The molecule has 2 aromatic rings. The Labute approximate surface area is 124 Å². The van der Waals surface area contributed by atoms with Crippen LogP contribution in [0.25, 0.3) is 0 Å². The average molecular weight is 287 g/mol. The van der Waals surface area contributed by atoms with Crippen molar-refractivity contribution in [2.45, 2.75) is 32.0 Å². The second-order valence-electron chi connectivity index (χ2n) is 5.43. The van der Waals surface area contributed by atoms with Crippen LogP contribution in [0.4, 0.5) is 0 Å². The maximum absolute atomic E-state index is 4.32. The van der Waals surface area contributed by atoms with E-state index in [0.717, 1.165) is 18.8 Å². The van der Waals surface area contributed by atoms with Gasteiger partial charge in [0.25, 0.3) is 0 Å². The average Bonchev–Trinajstić information content (AvgIpc) is 3.17. The quantitative estimate of drug-likeness (QED) is 0.916. The summed E-state index contributed by atoms with van der Waals surface area (Å²) in [4.78, 5) is 6.88. The molecule has 0 unspecified atom stereocenters. The van der Waals surface area contributed by atoms with E-state index in [1.165, 1.54) is 18.5 Å². The minimum Gasteiger partial charge on any atom is -0.307 e. The maximum Gasteiger partial charge on any atom is 0.0795 e. The zero-order valence-corrected chi connectivity index (χ0v) is 12.6. The van der Waals surface area contributed by atoms with E-state index < -0.39 is 0 Å². The first-order valence-corrected chi connectivity index (χ1v) is 8.16. The van der Waals surface area contributed by atoms with Crippen LogP contribution in [-0.2, 0) is 6.54 Å². The van der Waals surface area contributed by atoms with Crippen molar-refractivity contribution in [1.82, 2.24) is 15.2 Å². The van der Waals surface area contributed by atoms with Crippen molar-refractivity contribution < 1.29 is 0 Å². The highest BCUT2D eigenvalue weighted by molar-refractivity contribution is 7.07. The van der Waals surface area contributed by atoms with E-state index in [-0.39, 0.29) is 0 Å². The first-order valence-electron chi connectivity index (χ1n) is 7.22. The van der Waals surface area contributed by atoms with Crippen LogP contribution in [0.2, 0.25) is 0 Å². The van der Waals surface area contributed by atoms with E-state index in [1.54, 1.807) is 11.3 Å². The standard InChI is InChI=1S/C16H21N3S/c1-13(14-5-3-2-4-6-14)19-8-7-15(10-19)17-9-16-11-20-12-18-16/h2-6,11-13,15,17H,7-10H2,1H3/t13-,15-/m0/s1. The van der Waals surface area contributed by atoms with E-state index in [4.69, 9.17) is 0 Å². The summed E-state index contributed by atoms with van der Waals surface area (Å²) < 4.78 is 0. The Kier molecular flexibility index (Phi) is 4.45. The summed E-state index contributed by atoms with van der Waals surface area (Å²) in [5.74, 6) is 0. The second-order valence-corrected chi connectivity index (χ2v) is 6.15. The van der Waals surface area contributed by atoms with Gasteiger partial charge in [-0.05, 0) is 18.9 Å². The van der Waals surface area contributed by atoms with Crippen LogP contribution in [0.5, 0.6) is 0 Å². The number of thiazole rings is 1. The Morgan fingerprint density at radius 2 is 2.25 bits per heavy atom. The molecule has 1 aliphatic rings. The Hall–Kier alpha value is -1.23. The molecule has 0 bridgehead atoms. The van der Waals surface area contributed by atoms with Gasteiger partial charge >= 0.3 is 0 Å². The molecule has 0 radical (unpaired) electrons. The SMILES string of the molecule is C[C@@H](c1ccccc1)N1CC[C@H](NCc2cscn2)C1. The Balaban J connectivity index is 1.51. The van der Waals surface area contributed by atoms with Gasteiger partial charge in [0.15, 0.2) is 0 Å². The van der Waals surface area contributed by atoms with E-state index in [2.05, 4.69) is 57.8 Å². The van der Waals surface area contributed by atoms with Gasteiger partial charge in [-0.3, -0.25) is 4.90 Å². The molecule has 0 aliphatic carbocycles. The molecule has 1 N–H and O–H groups in total. The summed E-state index contributed by atoms with van der Waals surface area (Å²) in [6.07, 6.45) is 1.22. The smallest absolute Gasteiger partial charge is 0.0795 e. The van der Waals surface area contributed by atoms with Gasteiger partial charge in [-0.25, -0.2) is 4.98 Å². The van der Waals surface area contributed by atoms with Crippen molar-refractivity contribution in [3.63, 3.8) is 0 Å². The summed E-state index contributed by atoms with van der Waals surface area (Å²) >= 11 is 1.66. The molecule has 1 aromatic heterocycles. The van der Waals surface area contributed by atoms with E-state index >= 15 is 0 Å². The molecular formula is C16H21N3S. The van der Waals surface area contributed by atoms with Crippen molar-refractivity contribution in [3.05, 3.63) is 52.5 Å². The summed E-state index contributed by atoms with van der Waals surface area (Å²) in [6, 6.07) is 11.9. The van der Waals surface area contributed by atoms with Crippen molar-refractivity contribution in [1.29, 1.82) is 0 Å². The molecule has 106 valence electrons. The van der Waals surface area contributed by atoms with Crippen LogP contribution in [-0.4, -0.2) is 29.0 Å². The number of hydrogen-bond donors (Lipinski definition) is 1. The molecule has 1 fully saturated rings. The van der Waals surface area contributed by atoms with Crippen LogP contribution >= 0.6 is 11.3 Å². The van der Waals surface area contributed by atoms with Crippen LogP contribution < -0.4 is 5.32 Å². The third-order valence-corrected chi connectivity index (χ3v) is 4.74. The predicted molar refractivity (Wildman–Crippen MR) is 83.8 cm³/mol. The lowest BCUT2D eigenvalue weighted by Crippen LogP contribution is -2.33. The highest BCUT2D eigenvalue weighted by atomic mass is 32.1. The lowest BCUT2D eigenvalue weighted by molar-refractivity contribution is 0.255. The number of nitrogens with one attached hydrogen (secondary N) is 1. The fourth-order valence-corrected chi connectivity index (χ4v) is 3.38. The molecule has 4 heteroatoms. The lowest BCUT2D eigenvalue weighted by atomic mass is 10.1. The summed E-state index contributed by atoms with van der Waals surface area (Å²) in [5, 5.41) is 5.74. The largest absolute Gasteiger partial charge is 0.307 e. The Morgan fingerprint density at radius 1 is 1.40 bits per heavy atom. The number of benzene rings is 1. The fraction of sp³-hybridized carbons (Fsp3) is 0.438. The molecule has 1 aliphatic heterocycles. The first-order chi connectivity index (χ1) is 9.83. The minimum atomic E-state index is 0.502. The zero-order chi connectivity index (χ0) is 13.8. The van der Waals surface area contributed by atoms with Crippen LogP contribution in [0.3, 0.4) is 0 Å². The highest BCUT2D eigenvalue weighted by Gasteiger charge is 2.26. The summed E-state index contributed by atoms with van der Waals surface area (Å²) in [7, 11) is 0. The van der Waals surface area contributed by atoms with Crippen LogP contribution in [0, 0.1) is 0 Å². The van der Waals surface area contributed by atoms with Crippen LogP contribution in [0.1, 0.15) is 30.6 Å². The molecule has 3 nitrogen and oxygen atoms in total. The zero-order valence-electron chi connectivity index (χ0n) is 11.8. The molecule has 0 saturated carbocycles. The number of likely N-dealkylation sites (tertiary alicyclic amines) is 1. The Bertz CT molecular complexity index is 512. The van der Waals surface area contributed by atoms with E-state index in [0.29, 0.717) is 12.1 Å². The molecule has 1 aromatic carbocycles. The Morgan fingerprint density at radius 3 is 3.00 bits per heavy atom. The van der Waals surface area contributed by atoms with Gasteiger partial charge in [-0.1, -0.05) is 30.3 Å². The molecule has 1 saturated heterocycles. The van der Waals surface area contributed by atoms with Gasteiger partial charge in [0.2, 0.25) is 0 Å². The maximum atomic E-state index is 4.32. The van der Waals surface area contributed by atoms with E-state index in [9.17, 15) is 0 Å². The molecule has 20 heavy (non-hydrogen) atoms. The molecule has 2 atom stereocenters. The summed E-state index contributed by atoms with van der Waals surface area (Å²) in [6.45, 7) is 5.49. The molecular weight excluding hydrogens is 266 g/mol. The highest BCUT2D eigenvalue weighted by Crippen LogP contribution is 2.24. The third kappa shape index (κ3) is 3.26. The van der Waals surface area contributed by atoms with Gasteiger partial charge in [0.1, 0.15) is 0 Å². The van der Waals surface area contributed by atoms with Gasteiger partial charge in [-0.15, -0.1) is 11.3 Å². The van der Waals surface area contributed by atoms with Crippen molar-refractivity contribution in [3.8, 4) is 0 Å². The van der Waals surface area contributed by atoms with Crippen molar-refractivity contribution in [2.24, 2.45) is 0 Å². The second kappa shape index (κ2) is 6.48. The van der Waals surface area contributed by atoms with Gasteiger partial charge in [-0.2, -0.15) is 0 Å². The first kappa shape index (κ1) is 13.7. The van der Waals surface area contributed by atoms with Crippen molar-refractivity contribution >= 4 is 11.3 Å². The van der Waals surface area contributed by atoms with Gasteiger partial charge in [0.05, 0.1) is 11.2 Å². The van der Waals surface area contributed by atoms with Crippen molar-refractivity contribution in [2.75, 3.05) is 13.1 Å². The van der Waals surface area contributed by atoms with Crippen LogP contribution in [0.15, 0.2) is 41.2 Å².